The van der Waals surface area contributed by atoms with Gasteiger partial charge in [-0.1, -0.05) is 12.8 Å². The van der Waals surface area contributed by atoms with Crippen molar-refractivity contribution >= 4 is 21.6 Å². The lowest BCUT2D eigenvalue weighted by Gasteiger charge is -2.30. The quantitative estimate of drug-likeness (QED) is 0.762. The number of rotatable bonds is 5. The first kappa shape index (κ1) is 13.3. The van der Waals surface area contributed by atoms with Crippen molar-refractivity contribution in [2.24, 2.45) is 11.8 Å². The maximum absolute atomic E-state index is 11.3. The first-order valence-electron chi connectivity index (χ1n) is 5.62. The molecule has 90 valence electrons. The summed E-state index contributed by atoms with van der Waals surface area (Å²) in [5.41, 5.74) is 0. The molecular formula is C10H20ClNO2S. The van der Waals surface area contributed by atoms with Crippen molar-refractivity contribution in [3.63, 3.8) is 0 Å². The van der Waals surface area contributed by atoms with Gasteiger partial charge in [0.2, 0.25) is 10.0 Å². The molecule has 0 bridgehead atoms. The Morgan fingerprint density at radius 1 is 1.27 bits per heavy atom. The molecule has 1 fully saturated rings. The van der Waals surface area contributed by atoms with Crippen molar-refractivity contribution in [3.8, 4) is 0 Å². The van der Waals surface area contributed by atoms with Gasteiger partial charge in [0.25, 0.3) is 0 Å². The maximum Gasteiger partial charge on any atom is 0.211 e. The predicted molar refractivity (Wildman–Crippen MR) is 63.6 cm³/mol. The van der Waals surface area contributed by atoms with Gasteiger partial charge in [0, 0.05) is 12.4 Å². The predicted octanol–water partition coefficient (Wildman–Crippen LogP) is 1.97. The zero-order chi connectivity index (χ0) is 11.3. The molecule has 0 saturated heterocycles. The first-order valence-corrected chi connectivity index (χ1v) is 7.81. The Kier molecular flexibility index (Phi) is 5.36. The third-order valence-electron chi connectivity index (χ3n) is 3.21. The van der Waals surface area contributed by atoms with Gasteiger partial charge in [-0.2, -0.15) is 0 Å². The van der Waals surface area contributed by atoms with Gasteiger partial charge < -0.3 is 0 Å². The van der Waals surface area contributed by atoms with Crippen LogP contribution in [0.3, 0.4) is 0 Å². The molecule has 0 spiro atoms. The van der Waals surface area contributed by atoms with E-state index in [1.165, 1.54) is 12.8 Å². The molecule has 2 atom stereocenters. The van der Waals surface area contributed by atoms with Gasteiger partial charge in [0.05, 0.1) is 5.75 Å². The molecular weight excluding hydrogens is 234 g/mol. The third kappa shape index (κ3) is 4.29. The van der Waals surface area contributed by atoms with Gasteiger partial charge in [-0.15, -0.1) is 11.6 Å². The lowest BCUT2D eigenvalue weighted by atomic mass is 9.80. The van der Waals surface area contributed by atoms with Crippen LogP contribution >= 0.6 is 11.6 Å². The zero-order valence-electron chi connectivity index (χ0n) is 9.21. The second-order valence-electron chi connectivity index (χ2n) is 4.21. The molecule has 0 aromatic heterocycles. The van der Waals surface area contributed by atoms with Crippen LogP contribution in [-0.4, -0.2) is 26.6 Å². The molecule has 0 amide bonds. The Balaban J connectivity index is 2.42. The smallest absolute Gasteiger partial charge is 0.211 e. The Morgan fingerprint density at radius 3 is 2.40 bits per heavy atom. The van der Waals surface area contributed by atoms with E-state index >= 15 is 0 Å². The SMILES string of the molecule is CCS(=O)(=O)NCC1CCCCC1CCl. The van der Waals surface area contributed by atoms with Crippen LogP contribution in [0.15, 0.2) is 0 Å². The molecule has 2 unspecified atom stereocenters. The average Bonchev–Trinajstić information content (AvgIpc) is 2.27. The molecule has 0 radical (unpaired) electrons. The summed E-state index contributed by atoms with van der Waals surface area (Å²) in [4.78, 5) is 0. The summed E-state index contributed by atoms with van der Waals surface area (Å²) >= 11 is 5.88. The topological polar surface area (TPSA) is 46.2 Å². The average molecular weight is 254 g/mol. The van der Waals surface area contributed by atoms with Crippen molar-refractivity contribution in [1.82, 2.24) is 4.72 Å². The second kappa shape index (κ2) is 6.06. The number of nitrogens with one attached hydrogen (secondary N) is 1. The van der Waals surface area contributed by atoms with Crippen molar-refractivity contribution in [2.45, 2.75) is 32.6 Å². The van der Waals surface area contributed by atoms with Gasteiger partial charge in [-0.25, -0.2) is 13.1 Å². The number of sulfonamides is 1. The fourth-order valence-corrected chi connectivity index (χ4v) is 3.17. The molecule has 1 aliphatic rings. The zero-order valence-corrected chi connectivity index (χ0v) is 10.8. The van der Waals surface area contributed by atoms with E-state index in [1.807, 2.05) is 0 Å². The van der Waals surface area contributed by atoms with Crippen LogP contribution in [0.2, 0.25) is 0 Å². The monoisotopic (exact) mass is 253 g/mol. The molecule has 0 heterocycles. The van der Waals surface area contributed by atoms with Crippen molar-refractivity contribution in [3.05, 3.63) is 0 Å². The molecule has 1 aliphatic carbocycles. The van der Waals surface area contributed by atoms with E-state index in [9.17, 15) is 8.42 Å². The van der Waals surface area contributed by atoms with Crippen molar-refractivity contribution < 1.29 is 8.42 Å². The Labute approximate surface area is 97.6 Å². The van der Waals surface area contributed by atoms with E-state index in [2.05, 4.69) is 4.72 Å². The Hall–Kier alpha value is 0.200. The summed E-state index contributed by atoms with van der Waals surface area (Å²) in [5, 5.41) is 0. The largest absolute Gasteiger partial charge is 0.215 e. The van der Waals surface area contributed by atoms with Crippen LogP contribution in [0.4, 0.5) is 0 Å². The van der Waals surface area contributed by atoms with Crippen molar-refractivity contribution in [2.75, 3.05) is 18.2 Å². The number of alkyl halides is 1. The van der Waals surface area contributed by atoms with Crippen LogP contribution < -0.4 is 4.72 Å². The van der Waals surface area contributed by atoms with Crippen LogP contribution in [0.25, 0.3) is 0 Å². The van der Waals surface area contributed by atoms with E-state index in [4.69, 9.17) is 11.6 Å². The highest BCUT2D eigenvalue weighted by Gasteiger charge is 2.25. The lowest BCUT2D eigenvalue weighted by molar-refractivity contribution is 0.260. The molecule has 1 rings (SSSR count). The lowest BCUT2D eigenvalue weighted by Crippen LogP contribution is -2.35. The summed E-state index contributed by atoms with van der Waals surface area (Å²) in [6.45, 7) is 2.22. The molecule has 15 heavy (non-hydrogen) atoms. The minimum absolute atomic E-state index is 0.158. The first-order chi connectivity index (χ1) is 7.09. The molecule has 0 aromatic carbocycles. The van der Waals surface area contributed by atoms with Crippen molar-refractivity contribution in [1.29, 1.82) is 0 Å². The van der Waals surface area contributed by atoms with E-state index in [0.717, 1.165) is 12.8 Å². The van der Waals surface area contributed by atoms with E-state index < -0.39 is 10.0 Å². The minimum atomic E-state index is -3.04. The number of hydrogen-bond donors (Lipinski definition) is 1. The fraction of sp³-hybridized carbons (Fsp3) is 1.00. The normalized spacial score (nSPS) is 27.9. The Bertz CT molecular complexity index is 279. The third-order valence-corrected chi connectivity index (χ3v) is 4.97. The van der Waals surface area contributed by atoms with Crippen LogP contribution in [0, 0.1) is 11.8 Å². The highest BCUT2D eigenvalue weighted by atomic mass is 35.5. The summed E-state index contributed by atoms with van der Waals surface area (Å²) in [6.07, 6.45) is 4.67. The minimum Gasteiger partial charge on any atom is -0.215 e. The van der Waals surface area contributed by atoms with Gasteiger partial charge in [0.1, 0.15) is 0 Å². The van der Waals surface area contributed by atoms with Crippen LogP contribution in [0.1, 0.15) is 32.6 Å². The fourth-order valence-electron chi connectivity index (χ4n) is 2.09. The summed E-state index contributed by atoms with van der Waals surface area (Å²) in [7, 11) is -3.04. The summed E-state index contributed by atoms with van der Waals surface area (Å²) in [5.74, 6) is 1.72. The summed E-state index contributed by atoms with van der Waals surface area (Å²) in [6, 6.07) is 0. The number of halogens is 1. The van der Waals surface area contributed by atoms with E-state index in [0.29, 0.717) is 24.3 Å². The van der Waals surface area contributed by atoms with Gasteiger partial charge in [-0.3, -0.25) is 0 Å². The molecule has 3 nitrogen and oxygen atoms in total. The number of hydrogen-bond acceptors (Lipinski definition) is 2. The second-order valence-corrected chi connectivity index (χ2v) is 6.61. The molecule has 5 heteroatoms. The van der Waals surface area contributed by atoms with Gasteiger partial charge in [-0.05, 0) is 31.6 Å². The van der Waals surface area contributed by atoms with Crippen LogP contribution in [-0.2, 0) is 10.0 Å². The maximum atomic E-state index is 11.3. The Morgan fingerprint density at radius 2 is 1.87 bits per heavy atom. The summed E-state index contributed by atoms with van der Waals surface area (Å²) < 4.78 is 25.2. The highest BCUT2D eigenvalue weighted by Crippen LogP contribution is 2.30. The highest BCUT2D eigenvalue weighted by molar-refractivity contribution is 7.89. The van der Waals surface area contributed by atoms with Gasteiger partial charge >= 0.3 is 0 Å². The van der Waals surface area contributed by atoms with Gasteiger partial charge in [0.15, 0.2) is 0 Å². The van der Waals surface area contributed by atoms with Crippen LogP contribution in [0.5, 0.6) is 0 Å². The molecule has 0 aromatic rings. The van der Waals surface area contributed by atoms with E-state index in [-0.39, 0.29) is 5.75 Å². The molecule has 1 N–H and O–H groups in total. The molecule has 0 aliphatic heterocycles. The molecule has 1 saturated carbocycles. The van der Waals surface area contributed by atoms with E-state index in [1.54, 1.807) is 6.92 Å². The standard InChI is InChI=1S/C10H20ClNO2S/c1-2-15(13,14)12-8-10-6-4-3-5-9(10)7-11/h9-10,12H,2-8H2,1H3.